The molecule has 3 N–H and O–H groups in total. The third-order valence-corrected chi connectivity index (χ3v) is 1.43. The SMILES string of the molecule is COc1cc(OCCO)ncc1N. The van der Waals surface area contributed by atoms with Gasteiger partial charge in [0.1, 0.15) is 12.4 Å². The van der Waals surface area contributed by atoms with E-state index in [-0.39, 0.29) is 13.2 Å². The van der Waals surface area contributed by atoms with Gasteiger partial charge in [-0.3, -0.25) is 0 Å². The summed E-state index contributed by atoms with van der Waals surface area (Å²) in [5.41, 5.74) is 5.99. The van der Waals surface area contributed by atoms with Crippen molar-refractivity contribution in [3.8, 4) is 11.6 Å². The van der Waals surface area contributed by atoms with Crippen LogP contribution in [0.1, 0.15) is 0 Å². The van der Waals surface area contributed by atoms with E-state index in [0.29, 0.717) is 17.3 Å². The van der Waals surface area contributed by atoms with Crippen LogP contribution >= 0.6 is 0 Å². The number of aliphatic hydroxyl groups is 1. The number of hydrogen-bond donors (Lipinski definition) is 2. The van der Waals surface area contributed by atoms with Crippen molar-refractivity contribution in [1.82, 2.24) is 4.98 Å². The van der Waals surface area contributed by atoms with Gasteiger partial charge in [0.05, 0.1) is 25.6 Å². The zero-order valence-electron chi connectivity index (χ0n) is 7.36. The molecule has 0 aromatic carbocycles. The number of rotatable bonds is 4. The Bertz CT molecular complexity index is 278. The molecule has 0 aliphatic heterocycles. The number of nitrogen functional groups attached to an aromatic ring is 1. The summed E-state index contributed by atoms with van der Waals surface area (Å²) in [4.78, 5) is 3.89. The summed E-state index contributed by atoms with van der Waals surface area (Å²) in [5.74, 6) is 0.906. The Morgan fingerprint density at radius 3 is 3.00 bits per heavy atom. The highest BCUT2D eigenvalue weighted by Gasteiger charge is 2.02. The van der Waals surface area contributed by atoms with Gasteiger partial charge in [0, 0.05) is 6.07 Å². The summed E-state index contributed by atoms with van der Waals surface area (Å²) in [7, 11) is 1.52. The highest BCUT2D eigenvalue weighted by molar-refractivity contribution is 5.52. The molecule has 0 aliphatic rings. The van der Waals surface area contributed by atoms with Gasteiger partial charge in [-0.1, -0.05) is 0 Å². The number of ether oxygens (including phenoxy) is 2. The Morgan fingerprint density at radius 2 is 2.38 bits per heavy atom. The van der Waals surface area contributed by atoms with Gasteiger partial charge in [0.25, 0.3) is 0 Å². The standard InChI is InChI=1S/C8H12N2O3/c1-12-7-4-8(13-3-2-11)10-5-6(7)9/h4-5,11H,2-3,9H2,1H3. The van der Waals surface area contributed by atoms with Gasteiger partial charge >= 0.3 is 0 Å². The lowest BCUT2D eigenvalue weighted by Crippen LogP contribution is -2.03. The summed E-state index contributed by atoms with van der Waals surface area (Å²) in [6.45, 7) is 0.161. The first-order chi connectivity index (χ1) is 6.27. The lowest BCUT2D eigenvalue weighted by molar-refractivity contribution is 0.196. The third-order valence-electron chi connectivity index (χ3n) is 1.43. The Labute approximate surface area is 76.1 Å². The number of pyridine rings is 1. The highest BCUT2D eigenvalue weighted by atomic mass is 16.5. The normalized spacial score (nSPS) is 9.69. The molecule has 0 unspecified atom stereocenters. The molecule has 13 heavy (non-hydrogen) atoms. The van der Waals surface area contributed by atoms with E-state index < -0.39 is 0 Å². The van der Waals surface area contributed by atoms with Crippen molar-refractivity contribution in [2.24, 2.45) is 0 Å². The highest BCUT2D eigenvalue weighted by Crippen LogP contribution is 2.23. The largest absolute Gasteiger partial charge is 0.494 e. The number of nitrogens with zero attached hydrogens (tertiary/aromatic N) is 1. The van der Waals surface area contributed by atoms with E-state index in [0.717, 1.165) is 0 Å². The molecule has 0 spiro atoms. The first kappa shape index (κ1) is 9.60. The molecule has 0 saturated carbocycles. The van der Waals surface area contributed by atoms with Crippen molar-refractivity contribution >= 4 is 5.69 Å². The summed E-state index contributed by atoms with van der Waals surface area (Å²) in [6.07, 6.45) is 1.45. The molecule has 0 radical (unpaired) electrons. The van der Waals surface area contributed by atoms with Gasteiger partial charge < -0.3 is 20.3 Å². The second-order valence-electron chi connectivity index (χ2n) is 2.34. The van der Waals surface area contributed by atoms with Crippen LogP contribution in [-0.4, -0.2) is 30.4 Å². The zero-order chi connectivity index (χ0) is 9.68. The Balaban J connectivity index is 2.74. The van der Waals surface area contributed by atoms with Gasteiger partial charge in [0.2, 0.25) is 5.88 Å². The maximum atomic E-state index is 8.50. The van der Waals surface area contributed by atoms with Gasteiger partial charge in [-0.05, 0) is 0 Å². The smallest absolute Gasteiger partial charge is 0.217 e. The van der Waals surface area contributed by atoms with Crippen LogP contribution in [0.4, 0.5) is 5.69 Å². The predicted molar refractivity (Wildman–Crippen MR) is 47.8 cm³/mol. The second kappa shape index (κ2) is 4.51. The fourth-order valence-corrected chi connectivity index (χ4v) is 0.835. The van der Waals surface area contributed by atoms with Crippen molar-refractivity contribution in [3.63, 3.8) is 0 Å². The van der Waals surface area contributed by atoms with E-state index in [1.165, 1.54) is 13.3 Å². The molecule has 0 atom stereocenters. The third kappa shape index (κ3) is 2.48. The molecule has 0 bridgehead atoms. The van der Waals surface area contributed by atoms with E-state index in [2.05, 4.69) is 4.98 Å². The number of nitrogens with two attached hydrogens (primary N) is 1. The van der Waals surface area contributed by atoms with Crippen molar-refractivity contribution in [2.75, 3.05) is 26.1 Å². The van der Waals surface area contributed by atoms with Gasteiger partial charge in [-0.2, -0.15) is 0 Å². The van der Waals surface area contributed by atoms with E-state index in [1.807, 2.05) is 0 Å². The van der Waals surface area contributed by atoms with Crippen LogP contribution in [-0.2, 0) is 0 Å². The molecule has 0 amide bonds. The molecule has 1 aromatic rings. The van der Waals surface area contributed by atoms with E-state index in [9.17, 15) is 0 Å². The average Bonchev–Trinajstić information content (AvgIpc) is 2.16. The van der Waals surface area contributed by atoms with Crippen LogP contribution in [0.2, 0.25) is 0 Å². The van der Waals surface area contributed by atoms with Crippen molar-refractivity contribution < 1.29 is 14.6 Å². The molecular weight excluding hydrogens is 172 g/mol. The molecule has 0 fully saturated rings. The molecule has 1 aromatic heterocycles. The maximum Gasteiger partial charge on any atom is 0.217 e. The van der Waals surface area contributed by atoms with Gasteiger partial charge in [-0.25, -0.2) is 4.98 Å². The molecule has 0 saturated heterocycles. The van der Waals surface area contributed by atoms with E-state index >= 15 is 0 Å². The summed E-state index contributed by atoms with van der Waals surface area (Å²) in [5, 5.41) is 8.50. The maximum absolute atomic E-state index is 8.50. The summed E-state index contributed by atoms with van der Waals surface area (Å²) >= 11 is 0. The molecule has 1 rings (SSSR count). The van der Waals surface area contributed by atoms with Crippen LogP contribution in [0.15, 0.2) is 12.3 Å². The molecule has 0 aliphatic carbocycles. The van der Waals surface area contributed by atoms with Crippen LogP contribution in [0.3, 0.4) is 0 Å². The second-order valence-corrected chi connectivity index (χ2v) is 2.34. The Hall–Kier alpha value is -1.49. The summed E-state index contributed by atoms with van der Waals surface area (Å²) < 4.78 is 10.0. The minimum absolute atomic E-state index is 0.0473. The number of methoxy groups -OCH3 is 1. The van der Waals surface area contributed by atoms with Gasteiger partial charge in [-0.15, -0.1) is 0 Å². The molecule has 72 valence electrons. The quantitative estimate of drug-likeness (QED) is 0.691. The number of hydrogen-bond acceptors (Lipinski definition) is 5. The van der Waals surface area contributed by atoms with Crippen LogP contribution in [0.25, 0.3) is 0 Å². The Kier molecular flexibility index (Phi) is 3.33. The summed E-state index contributed by atoms with van der Waals surface area (Å²) in [6, 6.07) is 1.57. The van der Waals surface area contributed by atoms with E-state index in [1.54, 1.807) is 6.07 Å². The van der Waals surface area contributed by atoms with Crippen LogP contribution in [0, 0.1) is 0 Å². The van der Waals surface area contributed by atoms with Crippen LogP contribution in [0.5, 0.6) is 11.6 Å². The fourth-order valence-electron chi connectivity index (χ4n) is 0.835. The molecule has 5 heteroatoms. The van der Waals surface area contributed by atoms with Gasteiger partial charge in [0.15, 0.2) is 0 Å². The Morgan fingerprint density at radius 1 is 1.62 bits per heavy atom. The van der Waals surface area contributed by atoms with Crippen molar-refractivity contribution in [1.29, 1.82) is 0 Å². The average molecular weight is 184 g/mol. The first-order valence-electron chi connectivity index (χ1n) is 3.81. The van der Waals surface area contributed by atoms with Crippen LogP contribution < -0.4 is 15.2 Å². The minimum Gasteiger partial charge on any atom is -0.494 e. The number of anilines is 1. The topological polar surface area (TPSA) is 77.6 Å². The lowest BCUT2D eigenvalue weighted by Gasteiger charge is -2.06. The van der Waals surface area contributed by atoms with E-state index in [4.69, 9.17) is 20.3 Å². The molecule has 1 heterocycles. The van der Waals surface area contributed by atoms with Crippen molar-refractivity contribution in [2.45, 2.75) is 0 Å². The zero-order valence-corrected chi connectivity index (χ0v) is 7.36. The van der Waals surface area contributed by atoms with Crippen molar-refractivity contribution in [3.05, 3.63) is 12.3 Å². The number of aromatic nitrogens is 1. The lowest BCUT2D eigenvalue weighted by atomic mass is 10.4. The molecular formula is C8H12N2O3. The fraction of sp³-hybridized carbons (Fsp3) is 0.375. The predicted octanol–water partition coefficient (Wildman–Crippen LogP) is 0.0435. The monoisotopic (exact) mass is 184 g/mol. The number of aliphatic hydroxyl groups excluding tert-OH is 1. The minimum atomic E-state index is -0.0473. The molecule has 5 nitrogen and oxygen atoms in total. The first-order valence-corrected chi connectivity index (χ1v) is 3.81.